The fraction of sp³-hybridized carbons (Fsp3) is 0.0625. The Morgan fingerprint density at radius 3 is 1.87 bits per heavy atom. The minimum absolute atomic E-state index is 0.149. The summed E-state index contributed by atoms with van der Waals surface area (Å²) in [5.74, 6) is 4.53. The SMILES string of the molecule is CC1(C)c2ccccc2-c2c1ccc1c2Oc2cc(-c3ccccc3-c3nc(-c4ccccc4)nc(-c4cccc(-c5cccc(N)c5)c4)n3)ccc2O1. The Hall–Kier alpha value is -7.05. The topological polar surface area (TPSA) is 83.2 Å². The minimum atomic E-state index is -0.149. The van der Waals surface area contributed by atoms with E-state index in [9.17, 15) is 0 Å². The third kappa shape index (κ3) is 5.22. The molecule has 6 nitrogen and oxygen atoms in total. The molecule has 0 saturated carbocycles. The average Bonchev–Trinajstić information content (AvgIpc) is 3.46. The van der Waals surface area contributed by atoms with Gasteiger partial charge in [-0.05, 0) is 75.3 Å². The fourth-order valence-corrected chi connectivity index (χ4v) is 7.82. The first kappa shape index (κ1) is 31.7. The second kappa shape index (κ2) is 12.3. The number of anilines is 1. The van der Waals surface area contributed by atoms with Gasteiger partial charge in [0.1, 0.15) is 0 Å². The summed E-state index contributed by atoms with van der Waals surface area (Å²) in [6.07, 6.45) is 0. The molecule has 0 atom stereocenters. The van der Waals surface area contributed by atoms with Gasteiger partial charge in [-0.25, -0.2) is 15.0 Å². The van der Waals surface area contributed by atoms with Crippen molar-refractivity contribution in [1.29, 1.82) is 0 Å². The highest BCUT2D eigenvalue weighted by Crippen LogP contribution is 2.58. The normalized spacial score (nSPS) is 13.1. The van der Waals surface area contributed by atoms with Crippen LogP contribution >= 0.6 is 0 Å². The van der Waals surface area contributed by atoms with Crippen LogP contribution < -0.4 is 15.2 Å². The predicted octanol–water partition coefficient (Wildman–Crippen LogP) is 12.0. The van der Waals surface area contributed by atoms with Crippen LogP contribution in [0.1, 0.15) is 25.0 Å². The number of nitrogens with zero attached hydrogens (tertiary/aromatic N) is 3. The molecule has 8 aromatic rings. The Morgan fingerprint density at radius 2 is 1.06 bits per heavy atom. The molecule has 2 aliphatic rings. The lowest BCUT2D eigenvalue weighted by molar-refractivity contribution is 0.360. The number of aromatic nitrogens is 3. The van der Waals surface area contributed by atoms with Gasteiger partial charge >= 0.3 is 0 Å². The Bertz CT molecular complexity index is 2770. The van der Waals surface area contributed by atoms with Crippen molar-refractivity contribution < 1.29 is 9.47 Å². The van der Waals surface area contributed by atoms with E-state index in [0.717, 1.165) is 50.3 Å². The molecule has 7 aromatic carbocycles. The summed E-state index contributed by atoms with van der Waals surface area (Å²) in [6.45, 7) is 4.53. The molecule has 54 heavy (non-hydrogen) atoms. The van der Waals surface area contributed by atoms with Gasteiger partial charge in [-0.1, -0.05) is 135 Å². The first-order valence-electron chi connectivity index (χ1n) is 18.1. The van der Waals surface area contributed by atoms with Crippen molar-refractivity contribution in [2.24, 2.45) is 0 Å². The summed E-state index contributed by atoms with van der Waals surface area (Å²) in [5, 5.41) is 0. The number of nitrogen functional groups attached to an aromatic ring is 1. The fourth-order valence-electron chi connectivity index (χ4n) is 7.82. The molecule has 2 N–H and O–H groups in total. The molecule has 1 aromatic heterocycles. The summed E-state index contributed by atoms with van der Waals surface area (Å²) in [6, 6.07) is 53.2. The monoisotopic (exact) mass is 698 g/mol. The molecule has 6 heteroatoms. The summed E-state index contributed by atoms with van der Waals surface area (Å²) >= 11 is 0. The zero-order valence-corrected chi connectivity index (χ0v) is 29.7. The average molecular weight is 699 g/mol. The zero-order valence-electron chi connectivity index (χ0n) is 29.7. The molecule has 0 fully saturated rings. The molecule has 1 aliphatic carbocycles. The lowest BCUT2D eigenvalue weighted by atomic mass is 9.82. The summed E-state index contributed by atoms with van der Waals surface area (Å²) in [5.41, 5.74) is 18.1. The second-order valence-corrected chi connectivity index (χ2v) is 14.3. The molecule has 0 unspecified atom stereocenters. The van der Waals surface area contributed by atoms with Crippen molar-refractivity contribution in [3.8, 4) is 90.5 Å². The molecule has 0 radical (unpaired) electrons. The van der Waals surface area contributed by atoms with Gasteiger partial charge < -0.3 is 15.2 Å². The number of ether oxygens (including phenoxy) is 2. The van der Waals surface area contributed by atoms with Gasteiger partial charge in [0.05, 0.1) is 0 Å². The van der Waals surface area contributed by atoms with Crippen LogP contribution in [0, 0.1) is 0 Å². The van der Waals surface area contributed by atoms with Gasteiger partial charge in [0.15, 0.2) is 40.5 Å². The van der Waals surface area contributed by atoms with E-state index in [2.05, 4.69) is 86.6 Å². The van der Waals surface area contributed by atoms with E-state index in [-0.39, 0.29) is 5.41 Å². The summed E-state index contributed by atoms with van der Waals surface area (Å²) in [4.78, 5) is 15.2. The molecular formula is C48H34N4O2. The van der Waals surface area contributed by atoms with Crippen LogP contribution in [0.5, 0.6) is 23.0 Å². The lowest BCUT2D eigenvalue weighted by Gasteiger charge is -2.25. The second-order valence-electron chi connectivity index (χ2n) is 14.3. The Balaban J connectivity index is 1.08. The van der Waals surface area contributed by atoms with Crippen LogP contribution in [0.25, 0.3) is 67.5 Å². The standard InChI is InChI=1S/C48H34N4O2/c1-48(2)38-21-9-8-20-37(38)43-39(48)23-25-41-44(43)54-42-28-32(22-24-40(42)53-41)35-18-6-7-19-36(35)47-51-45(29-12-4-3-5-13-29)50-46(52-47)33-16-10-14-30(26-33)31-15-11-17-34(49)27-31/h3-28H,49H2,1-2H3. The molecule has 1 aliphatic heterocycles. The van der Waals surface area contributed by atoms with Crippen molar-refractivity contribution >= 4 is 5.69 Å². The van der Waals surface area contributed by atoms with Gasteiger partial charge in [-0.2, -0.15) is 0 Å². The highest BCUT2D eigenvalue weighted by Gasteiger charge is 2.39. The molecule has 0 spiro atoms. The third-order valence-corrected chi connectivity index (χ3v) is 10.5. The van der Waals surface area contributed by atoms with Crippen molar-refractivity contribution in [1.82, 2.24) is 15.0 Å². The quantitative estimate of drug-likeness (QED) is 0.180. The van der Waals surface area contributed by atoms with Gasteiger partial charge in [-0.3, -0.25) is 0 Å². The molecule has 0 amide bonds. The van der Waals surface area contributed by atoms with Crippen molar-refractivity contribution in [3.63, 3.8) is 0 Å². The number of fused-ring (bicyclic) bond motifs is 6. The number of rotatable bonds is 5. The van der Waals surface area contributed by atoms with E-state index in [1.54, 1.807) is 0 Å². The molecule has 2 heterocycles. The number of hydrogen-bond acceptors (Lipinski definition) is 6. The highest BCUT2D eigenvalue weighted by molar-refractivity contribution is 5.89. The highest BCUT2D eigenvalue weighted by atomic mass is 16.6. The maximum Gasteiger partial charge on any atom is 0.178 e. The molecule has 258 valence electrons. The van der Waals surface area contributed by atoms with E-state index in [1.165, 1.54) is 16.7 Å². The third-order valence-electron chi connectivity index (χ3n) is 10.5. The van der Waals surface area contributed by atoms with Gasteiger partial charge in [0.2, 0.25) is 0 Å². The van der Waals surface area contributed by atoms with Crippen LogP contribution in [0.4, 0.5) is 5.69 Å². The smallest absolute Gasteiger partial charge is 0.178 e. The van der Waals surface area contributed by atoms with Crippen molar-refractivity contribution in [2.75, 3.05) is 5.73 Å². The summed E-state index contributed by atoms with van der Waals surface area (Å²) in [7, 11) is 0. The Morgan fingerprint density at radius 1 is 0.426 bits per heavy atom. The van der Waals surface area contributed by atoms with Crippen LogP contribution in [-0.2, 0) is 5.41 Å². The van der Waals surface area contributed by atoms with Crippen LogP contribution in [0.3, 0.4) is 0 Å². The van der Waals surface area contributed by atoms with E-state index >= 15 is 0 Å². The van der Waals surface area contributed by atoms with E-state index in [0.29, 0.717) is 40.4 Å². The maximum atomic E-state index is 6.81. The van der Waals surface area contributed by atoms with Crippen LogP contribution in [-0.4, -0.2) is 15.0 Å². The first-order chi connectivity index (χ1) is 26.4. The first-order valence-corrected chi connectivity index (χ1v) is 18.1. The summed E-state index contributed by atoms with van der Waals surface area (Å²) < 4.78 is 13.3. The van der Waals surface area contributed by atoms with E-state index in [1.807, 2.05) is 84.9 Å². The number of benzene rings is 7. The molecule has 10 rings (SSSR count). The van der Waals surface area contributed by atoms with Crippen molar-refractivity contribution in [3.05, 3.63) is 169 Å². The van der Waals surface area contributed by atoms with Gasteiger partial charge in [0.25, 0.3) is 0 Å². The lowest BCUT2D eigenvalue weighted by Crippen LogP contribution is -2.15. The maximum absolute atomic E-state index is 6.81. The van der Waals surface area contributed by atoms with Gasteiger partial charge in [-0.15, -0.1) is 0 Å². The molecule has 0 bridgehead atoms. The predicted molar refractivity (Wildman–Crippen MR) is 216 cm³/mol. The Kier molecular flexibility index (Phi) is 7.20. The van der Waals surface area contributed by atoms with E-state index < -0.39 is 0 Å². The number of hydrogen-bond donors (Lipinski definition) is 1. The minimum Gasteiger partial charge on any atom is -0.449 e. The zero-order chi connectivity index (χ0) is 36.4. The Labute approximate surface area is 313 Å². The van der Waals surface area contributed by atoms with Crippen molar-refractivity contribution in [2.45, 2.75) is 19.3 Å². The number of nitrogens with two attached hydrogens (primary N) is 1. The van der Waals surface area contributed by atoms with Crippen LogP contribution in [0.2, 0.25) is 0 Å². The molecular weight excluding hydrogens is 665 g/mol. The van der Waals surface area contributed by atoms with Crippen LogP contribution in [0.15, 0.2) is 158 Å². The van der Waals surface area contributed by atoms with E-state index in [4.69, 9.17) is 30.2 Å². The van der Waals surface area contributed by atoms with Gasteiger partial charge in [0, 0.05) is 33.4 Å². The largest absolute Gasteiger partial charge is 0.449 e. The molecule has 0 saturated heterocycles.